The zero-order valence-corrected chi connectivity index (χ0v) is 13.5. The van der Waals surface area contributed by atoms with Crippen molar-refractivity contribution < 1.29 is 9.53 Å². The van der Waals surface area contributed by atoms with E-state index in [1.165, 1.54) is 0 Å². The number of nitrogens with zero attached hydrogens (tertiary/aromatic N) is 1. The maximum atomic E-state index is 11.9. The van der Waals surface area contributed by atoms with E-state index in [9.17, 15) is 4.79 Å². The van der Waals surface area contributed by atoms with Gasteiger partial charge in [0.05, 0.1) is 13.7 Å². The molecule has 1 rings (SSSR count). The molecule has 0 unspecified atom stereocenters. The first-order valence-electron chi connectivity index (χ1n) is 7.37. The number of ether oxygens (including phenoxy) is 1. The van der Waals surface area contributed by atoms with E-state index in [0.29, 0.717) is 19.6 Å². The molecule has 0 aliphatic heterocycles. The third kappa shape index (κ3) is 5.73. The molecular weight excluding hydrogens is 266 g/mol. The highest BCUT2D eigenvalue weighted by Gasteiger charge is 2.13. The Morgan fingerprint density at radius 1 is 1.43 bits per heavy atom. The van der Waals surface area contributed by atoms with Gasteiger partial charge >= 0.3 is 0 Å². The Kier molecular flexibility index (Phi) is 7.19. The summed E-state index contributed by atoms with van der Waals surface area (Å²) in [5.41, 5.74) is 7.81. The van der Waals surface area contributed by atoms with Crippen molar-refractivity contribution in [2.24, 2.45) is 5.73 Å². The van der Waals surface area contributed by atoms with E-state index in [1.807, 2.05) is 39.0 Å². The minimum atomic E-state index is 0.0424. The Labute approximate surface area is 127 Å². The minimum absolute atomic E-state index is 0.0424. The molecule has 0 saturated carbocycles. The van der Waals surface area contributed by atoms with Crippen LogP contribution >= 0.6 is 0 Å². The van der Waals surface area contributed by atoms with E-state index in [0.717, 1.165) is 23.4 Å². The first-order valence-corrected chi connectivity index (χ1v) is 7.37. The molecule has 0 spiro atoms. The summed E-state index contributed by atoms with van der Waals surface area (Å²) in [6.07, 6.45) is 0. The summed E-state index contributed by atoms with van der Waals surface area (Å²) in [5.74, 6) is 0.871. The van der Waals surface area contributed by atoms with Gasteiger partial charge in [0.2, 0.25) is 5.91 Å². The number of amides is 1. The molecule has 0 bridgehead atoms. The van der Waals surface area contributed by atoms with Crippen molar-refractivity contribution in [3.05, 3.63) is 29.3 Å². The van der Waals surface area contributed by atoms with Crippen molar-refractivity contribution in [2.45, 2.75) is 39.9 Å². The fraction of sp³-hybridized carbons (Fsp3) is 0.562. The van der Waals surface area contributed by atoms with Gasteiger partial charge in [-0.05, 0) is 38.1 Å². The zero-order chi connectivity index (χ0) is 15.8. The summed E-state index contributed by atoms with van der Waals surface area (Å²) in [6, 6.07) is 6.09. The van der Waals surface area contributed by atoms with Gasteiger partial charge in [0.1, 0.15) is 5.75 Å². The normalized spacial score (nSPS) is 11.0. The number of carbonyl (C=O) groups is 1. The summed E-state index contributed by atoms with van der Waals surface area (Å²) in [7, 11) is 1.66. The zero-order valence-electron chi connectivity index (χ0n) is 13.5. The number of nitrogens with one attached hydrogen (secondary N) is 1. The molecule has 3 N–H and O–H groups in total. The van der Waals surface area contributed by atoms with Gasteiger partial charge in [0.15, 0.2) is 0 Å². The second-order valence-electron chi connectivity index (χ2n) is 5.38. The predicted octanol–water partition coefficient (Wildman–Crippen LogP) is 1.50. The summed E-state index contributed by atoms with van der Waals surface area (Å²) in [4.78, 5) is 14.0. The van der Waals surface area contributed by atoms with Gasteiger partial charge in [0.25, 0.3) is 0 Å². The molecule has 0 aliphatic rings. The maximum Gasteiger partial charge on any atom is 0.234 e. The summed E-state index contributed by atoms with van der Waals surface area (Å²) in [5, 5.41) is 2.91. The van der Waals surface area contributed by atoms with Crippen LogP contribution in [0.1, 0.15) is 31.9 Å². The van der Waals surface area contributed by atoms with Gasteiger partial charge < -0.3 is 15.8 Å². The van der Waals surface area contributed by atoms with E-state index in [1.54, 1.807) is 7.11 Å². The van der Waals surface area contributed by atoms with Gasteiger partial charge in [-0.1, -0.05) is 13.0 Å². The summed E-state index contributed by atoms with van der Waals surface area (Å²) >= 11 is 0. The molecule has 1 aromatic rings. The number of carbonyl (C=O) groups excluding carboxylic acids is 1. The predicted molar refractivity (Wildman–Crippen MR) is 85.1 cm³/mol. The molecule has 0 heterocycles. The van der Waals surface area contributed by atoms with Crippen LogP contribution in [0, 0.1) is 0 Å². The number of rotatable bonds is 8. The molecule has 0 fully saturated rings. The van der Waals surface area contributed by atoms with E-state index >= 15 is 0 Å². The molecule has 1 aromatic carbocycles. The largest absolute Gasteiger partial charge is 0.496 e. The molecular formula is C16H27N3O2. The van der Waals surface area contributed by atoms with Crippen LogP contribution in [0.2, 0.25) is 0 Å². The topological polar surface area (TPSA) is 67.6 Å². The van der Waals surface area contributed by atoms with Crippen LogP contribution in [0.5, 0.6) is 5.75 Å². The average molecular weight is 293 g/mol. The molecule has 5 nitrogen and oxygen atoms in total. The van der Waals surface area contributed by atoms with Gasteiger partial charge in [-0.2, -0.15) is 0 Å². The molecule has 21 heavy (non-hydrogen) atoms. The van der Waals surface area contributed by atoms with E-state index < -0.39 is 0 Å². The fourth-order valence-electron chi connectivity index (χ4n) is 2.17. The lowest BCUT2D eigenvalue weighted by Crippen LogP contribution is -2.39. The van der Waals surface area contributed by atoms with Crippen molar-refractivity contribution in [1.29, 1.82) is 0 Å². The quantitative estimate of drug-likeness (QED) is 0.762. The highest BCUT2D eigenvalue weighted by atomic mass is 16.5. The van der Waals surface area contributed by atoms with Gasteiger partial charge in [-0.15, -0.1) is 0 Å². The SMILES string of the molecule is CCN(CC(=O)NC(C)C)Cc1cc(CN)ccc1OC. The number of hydrogen-bond donors (Lipinski definition) is 2. The highest BCUT2D eigenvalue weighted by Crippen LogP contribution is 2.21. The number of likely N-dealkylation sites (N-methyl/N-ethyl adjacent to an activating group) is 1. The molecule has 0 atom stereocenters. The smallest absolute Gasteiger partial charge is 0.234 e. The van der Waals surface area contributed by atoms with Crippen molar-refractivity contribution >= 4 is 5.91 Å². The van der Waals surface area contributed by atoms with E-state index in [2.05, 4.69) is 10.2 Å². The van der Waals surface area contributed by atoms with Crippen molar-refractivity contribution in [3.63, 3.8) is 0 Å². The second-order valence-corrected chi connectivity index (χ2v) is 5.38. The van der Waals surface area contributed by atoms with Crippen LogP contribution in [0.15, 0.2) is 18.2 Å². The van der Waals surface area contributed by atoms with Gasteiger partial charge in [-0.25, -0.2) is 0 Å². The molecule has 0 saturated heterocycles. The molecule has 0 aromatic heterocycles. The van der Waals surface area contributed by atoms with Crippen LogP contribution < -0.4 is 15.8 Å². The Hall–Kier alpha value is -1.59. The molecule has 0 aliphatic carbocycles. The maximum absolute atomic E-state index is 11.9. The monoisotopic (exact) mass is 293 g/mol. The first kappa shape index (κ1) is 17.5. The van der Waals surface area contributed by atoms with Crippen LogP contribution in [-0.2, 0) is 17.9 Å². The van der Waals surface area contributed by atoms with Crippen molar-refractivity contribution in [3.8, 4) is 5.75 Å². The number of benzene rings is 1. The summed E-state index contributed by atoms with van der Waals surface area (Å²) < 4.78 is 5.39. The Morgan fingerprint density at radius 2 is 2.14 bits per heavy atom. The van der Waals surface area contributed by atoms with Crippen LogP contribution in [0.3, 0.4) is 0 Å². The third-order valence-electron chi connectivity index (χ3n) is 3.24. The fourth-order valence-corrected chi connectivity index (χ4v) is 2.17. The van der Waals surface area contributed by atoms with E-state index in [-0.39, 0.29) is 11.9 Å². The van der Waals surface area contributed by atoms with Crippen LogP contribution in [-0.4, -0.2) is 37.0 Å². The lowest BCUT2D eigenvalue weighted by Gasteiger charge is -2.22. The number of methoxy groups -OCH3 is 1. The molecule has 118 valence electrons. The average Bonchev–Trinajstić information content (AvgIpc) is 2.45. The van der Waals surface area contributed by atoms with Crippen molar-refractivity contribution in [1.82, 2.24) is 10.2 Å². The lowest BCUT2D eigenvalue weighted by atomic mass is 10.1. The first-order chi connectivity index (χ1) is 9.99. The van der Waals surface area contributed by atoms with Crippen molar-refractivity contribution in [2.75, 3.05) is 20.2 Å². The molecule has 1 amide bonds. The lowest BCUT2D eigenvalue weighted by molar-refractivity contribution is -0.122. The molecule has 0 radical (unpaired) electrons. The Balaban J connectivity index is 2.78. The standard InChI is InChI=1S/C16H27N3O2/c1-5-19(11-16(20)18-12(2)3)10-14-8-13(9-17)6-7-15(14)21-4/h6-8,12H,5,9-11,17H2,1-4H3,(H,18,20). The minimum Gasteiger partial charge on any atom is -0.496 e. The third-order valence-corrected chi connectivity index (χ3v) is 3.24. The molecule has 5 heteroatoms. The number of hydrogen-bond acceptors (Lipinski definition) is 4. The van der Waals surface area contributed by atoms with E-state index in [4.69, 9.17) is 10.5 Å². The Morgan fingerprint density at radius 3 is 2.67 bits per heavy atom. The van der Waals surface area contributed by atoms with Gasteiger partial charge in [-0.3, -0.25) is 9.69 Å². The number of nitrogens with two attached hydrogens (primary N) is 1. The van der Waals surface area contributed by atoms with Crippen LogP contribution in [0.4, 0.5) is 0 Å². The highest BCUT2D eigenvalue weighted by molar-refractivity contribution is 5.78. The summed E-state index contributed by atoms with van der Waals surface area (Å²) in [6.45, 7) is 8.30. The second kappa shape index (κ2) is 8.64. The Bertz CT molecular complexity index is 461. The van der Waals surface area contributed by atoms with Crippen LogP contribution in [0.25, 0.3) is 0 Å². The van der Waals surface area contributed by atoms with Gasteiger partial charge in [0, 0.05) is 24.7 Å².